The number of hydrogen-bond acceptors (Lipinski definition) is 4. The first-order valence-corrected chi connectivity index (χ1v) is 5.55. The second-order valence-corrected chi connectivity index (χ2v) is 3.84. The van der Waals surface area contributed by atoms with Crippen molar-refractivity contribution in [3.8, 4) is 5.75 Å². The summed E-state index contributed by atoms with van der Waals surface area (Å²) in [6.45, 7) is 0.580. The van der Waals surface area contributed by atoms with E-state index in [2.05, 4.69) is 10.3 Å². The van der Waals surface area contributed by atoms with Crippen LogP contribution in [0.1, 0.15) is 18.2 Å². The highest BCUT2D eigenvalue weighted by Crippen LogP contribution is 2.13. The van der Waals surface area contributed by atoms with Crippen molar-refractivity contribution in [2.75, 3.05) is 6.61 Å². The molecule has 0 bridgehead atoms. The molecule has 2 N–H and O–H groups in total. The predicted octanol–water partition coefficient (Wildman–Crippen LogP) is 1.28. The van der Waals surface area contributed by atoms with Gasteiger partial charge in [0.25, 0.3) is 0 Å². The lowest BCUT2D eigenvalue weighted by Crippen LogP contribution is -2.17. The maximum Gasteiger partial charge on any atom is 0.119 e. The van der Waals surface area contributed by atoms with Gasteiger partial charge in [-0.1, -0.05) is 23.4 Å². The van der Waals surface area contributed by atoms with Crippen LogP contribution >= 0.6 is 0 Å². The lowest BCUT2D eigenvalue weighted by molar-refractivity contribution is 0.296. The highest BCUT2D eigenvalue weighted by atomic mass is 16.5. The number of nitrogens with two attached hydrogens (primary N) is 1. The third-order valence-corrected chi connectivity index (χ3v) is 2.57. The molecule has 0 saturated heterocycles. The van der Waals surface area contributed by atoms with E-state index in [9.17, 15) is 0 Å². The molecule has 0 saturated carbocycles. The summed E-state index contributed by atoms with van der Waals surface area (Å²) >= 11 is 0. The zero-order valence-corrected chi connectivity index (χ0v) is 9.78. The normalized spacial score (nSPS) is 12.4. The number of ether oxygens (including phenoxy) is 1. The molecule has 5 nitrogen and oxygen atoms in total. The van der Waals surface area contributed by atoms with Crippen LogP contribution in [0.25, 0.3) is 0 Å². The molecule has 0 radical (unpaired) electrons. The topological polar surface area (TPSA) is 66.0 Å². The summed E-state index contributed by atoms with van der Waals surface area (Å²) in [5.41, 5.74) is 6.94. The Morgan fingerprint density at radius 2 is 2.12 bits per heavy atom. The average Bonchev–Trinajstić information content (AvgIpc) is 2.77. The zero-order valence-electron chi connectivity index (χ0n) is 9.78. The van der Waals surface area contributed by atoms with Crippen molar-refractivity contribution in [3.05, 3.63) is 42.2 Å². The van der Waals surface area contributed by atoms with E-state index in [1.165, 1.54) is 0 Å². The van der Waals surface area contributed by atoms with Crippen LogP contribution in [0.4, 0.5) is 0 Å². The monoisotopic (exact) mass is 232 g/mol. The molecule has 1 unspecified atom stereocenters. The molecule has 1 heterocycles. The third kappa shape index (κ3) is 3.04. The minimum atomic E-state index is -0.0984. The summed E-state index contributed by atoms with van der Waals surface area (Å²) in [4.78, 5) is 0. The standard InChI is InChI=1S/C12H16N4O/c1-16-12(9-14-15-16)11(13)7-8-17-10-5-3-2-4-6-10/h2-6,9,11H,7-8,13H2,1H3. The zero-order chi connectivity index (χ0) is 12.1. The van der Waals surface area contributed by atoms with Crippen LogP contribution in [0.2, 0.25) is 0 Å². The number of hydrogen-bond donors (Lipinski definition) is 1. The molecule has 1 aromatic carbocycles. The van der Waals surface area contributed by atoms with Gasteiger partial charge >= 0.3 is 0 Å². The molecular formula is C12H16N4O. The number of nitrogens with zero attached hydrogens (tertiary/aromatic N) is 3. The summed E-state index contributed by atoms with van der Waals surface area (Å²) in [5, 5.41) is 7.65. The molecule has 2 rings (SSSR count). The van der Waals surface area contributed by atoms with Crippen molar-refractivity contribution in [1.29, 1.82) is 0 Å². The van der Waals surface area contributed by atoms with E-state index in [0.717, 1.165) is 17.9 Å². The fourth-order valence-electron chi connectivity index (χ4n) is 1.60. The molecule has 2 aromatic rings. The van der Waals surface area contributed by atoms with Crippen molar-refractivity contribution in [3.63, 3.8) is 0 Å². The summed E-state index contributed by atoms with van der Waals surface area (Å²) in [5.74, 6) is 0.864. The van der Waals surface area contributed by atoms with Crippen molar-refractivity contribution >= 4 is 0 Å². The van der Waals surface area contributed by atoms with E-state index < -0.39 is 0 Å². The fourth-order valence-corrected chi connectivity index (χ4v) is 1.60. The van der Waals surface area contributed by atoms with E-state index in [4.69, 9.17) is 10.5 Å². The third-order valence-electron chi connectivity index (χ3n) is 2.57. The first-order chi connectivity index (χ1) is 8.27. The Balaban J connectivity index is 1.81. The molecule has 5 heteroatoms. The smallest absolute Gasteiger partial charge is 0.119 e. The van der Waals surface area contributed by atoms with Gasteiger partial charge in [-0.15, -0.1) is 5.10 Å². The highest BCUT2D eigenvalue weighted by molar-refractivity contribution is 5.20. The van der Waals surface area contributed by atoms with Crippen LogP contribution in [0.3, 0.4) is 0 Å². The second kappa shape index (κ2) is 5.45. The summed E-state index contributed by atoms with van der Waals surface area (Å²) in [7, 11) is 1.83. The average molecular weight is 232 g/mol. The van der Waals surface area contributed by atoms with Gasteiger partial charge in [0.2, 0.25) is 0 Å². The van der Waals surface area contributed by atoms with E-state index in [1.807, 2.05) is 37.4 Å². The molecule has 0 aliphatic carbocycles. The number of rotatable bonds is 5. The molecule has 0 aliphatic heterocycles. The summed E-state index contributed by atoms with van der Waals surface area (Å²) in [6, 6.07) is 9.60. The van der Waals surface area contributed by atoms with Crippen LogP contribution in [0.5, 0.6) is 5.75 Å². The van der Waals surface area contributed by atoms with Crippen molar-refractivity contribution in [2.24, 2.45) is 12.8 Å². The van der Waals surface area contributed by atoms with Crippen LogP contribution in [-0.4, -0.2) is 21.6 Å². The number of aromatic nitrogens is 3. The van der Waals surface area contributed by atoms with Gasteiger partial charge in [0.05, 0.1) is 24.5 Å². The number of benzene rings is 1. The molecule has 17 heavy (non-hydrogen) atoms. The van der Waals surface area contributed by atoms with Gasteiger partial charge in [-0.25, -0.2) is 0 Å². The molecular weight excluding hydrogens is 216 g/mol. The molecule has 1 atom stereocenters. The second-order valence-electron chi connectivity index (χ2n) is 3.84. The molecule has 0 spiro atoms. The van der Waals surface area contributed by atoms with Gasteiger partial charge in [0.1, 0.15) is 5.75 Å². The minimum absolute atomic E-state index is 0.0984. The quantitative estimate of drug-likeness (QED) is 0.843. The van der Waals surface area contributed by atoms with Crippen molar-refractivity contribution in [1.82, 2.24) is 15.0 Å². The Morgan fingerprint density at radius 3 is 2.76 bits per heavy atom. The van der Waals surface area contributed by atoms with Gasteiger partial charge in [-0.2, -0.15) is 0 Å². The molecule has 90 valence electrons. The Morgan fingerprint density at radius 1 is 1.35 bits per heavy atom. The van der Waals surface area contributed by atoms with Crippen LogP contribution in [0.15, 0.2) is 36.5 Å². The van der Waals surface area contributed by atoms with Crippen LogP contribution in [-0.2, 0) is 7.05 Å². The van der Waals surface area contributed by atoms with Gasteiger partial charge in [0.15, 0.2) is 0 Å². The van der Waals surface area contributed by atoms with E-state index in [0.29, 0.717) is 6.61 Å². The Bertz CT molecular complexity index is 455. The highest BCUT2D eigenvalue weighted by Gasteiger charge is 2.10. The van der Waals surface area contributed by atoms with E-state index in [-0.39, 0.29) is 6.04 Å². The summed E-state index contributed by atoms with van der Waals surface area (Å²) < 4.78 is 7.27. The molecule has 0 aliphatic rings. The lowest BCUT2D eigenvalue weighted by atomic mass is 10.2. The van der Waals surface area contributed by atoms with Gasteiger partial charge in [-0.05, 0) is 12.1 Å². The molecule has 1 aromatic heterocycles. The largest absolute Gasteiger partial charge is 0.494 e. The van der Waals surface area contributed by atoms with E-state index >= 15 is 0 Å². The Hall–Kier alpha value is -1.88. The predicted molar refractivity (Wildman–Crippen MR) is 64.5 cm³/mol. The number of aryl methyl sites for hydroxylation is 1. The van der Waals surface area contributed by atoms with Crippen molar-refractivity contribution in [2.45, 2.75) is 12.5 Å². The minimum Gasteiger partial charge on any atom is -0.494 e. The lowest BCUT2D eigenvalue weighted by Gasteiger charge is -2.12. The Kier molecular flexibility index (Phi) is 3.72. The first-order valence-electron chi connectivity index (χ1n) is 5.55. The SMILES string of the molecule is Cn1nncc1C(N)CCOc1ccccc1. The molecule has 0 amide bonds. The van der Waals surface area contributed by atoms with Crippen LogP contribution in [0, 0.1) is 0 Å². The van der Waals surface area contributed by atoms with Crippen molar-refractivity contribution < 1.29 is 4.74 Å². The summed E-state index contributed by atoms with van der Waals surface area (Å²) in [6.07, 6.45) is 2.42. The van der Waals surface area contributed by atoms with Gasteiger partial charge in [-0.3, -0.25) is 4.68 Å². The fraction of sp³-hybridized carbons (Fsp3) is 0.333. The first kappa shape index (κ1) is 11.6. The van der Waals surface area contributed by atoms with E-state index in [1.54, 1.807) is 10.9 Å². The maximum atomic E-state index is 6.02. The Labute approximate surface area is 100 Å². The van der Waals surface area contributed by atoms with Crippen LogP contribution < -0.4 is 10.5 Å². The number of para-hydroxylation sites is 1. The van der Waals surface area contributed by atoms with Gasteiger partial charge in [0, 0.05) is 13.5 Å². The maximum absolute atomic E-state index is 6.02. The molecule has 0 fully saturated rings. The van der Waals surface area contributed by atoms with Gasteiger partial charge < -0.3 is 10.5 Å².